The largest absolute Gasteiger partial charge is 0.491 e. The Labute approximate surface area is 298 Å². The van der Waals surface area contributed by atoms with Gasteiger partial charge in [0.25, 0.3) is 0 Å². The van der Waals surface area contributed by atoms with Gasteiger partial charge in [0.1, 0.15) is 24.7 Å². The van der Waals surface area contributed by atoms with Crippen molar-refractivity contribution in [2.45, 2.75) is 59.7 Å². The molecule has 0 saturated heterocycles. The summed E-state index contributed by atoms with van der Waals surface area (Å²) in [7, 11) is 0. The lowest BCUT2D eigenvalue weighted by molar-refractivity contribution is -0.133. The van der Waals surface area contributed by atoms with E-state index >= 15 is 0 Å². The molecule has 7 heteroatoms. The molecule has 7 nitrogen and oxygen atoms in total. The van der Waals surface area contributed by atoms with Gasteiger partial charge in [-0.3, -0.25) is 9.69 Å². The molecular formula is C43H52N2O5. The SMILES string of the molecule is Cc1ccc2c(c1)Cc1cccc(c1)CN(Cc1ccc3c(c1)Cc1cccc(c1)CN(C(=O)CC(C)C)CCOCCO3)CCOCCO2. The van der Waals surface area contributed by atoms with Crippen LogP contribution in [0.4, 0.5) is 0 Å². The van der Waals surface area contributed by atoms with Crippen LogP contribution >= 0.6 is 0 Å². The van der Waals surface area contributed by atoms with Crippen LogP contribution in [0.25, 0.3) is 0 Å². The van der Waals surface area contributed by atoms with E-state index in [1.165, 1.54) is 33.4 Å². The number of amides is 1. The molecule has 1 amide bonds. The maximum atomic E-state index is 13.1. The fourth-order valence-corrected chi connectivity index (χ4v) is 6.83. The lowest BCUT2D eigenvalue weighted by Crippen LogP contribution is -2.34. The highest BCUT2D eigenvalue weighted by atomic mass is 16.5. The van der Waals surface area contributed by atoms with Gasteiger partial charge in [0.05, 0.1) is 26.4 Å². The van der Waals surface area contributed by atoms with Gasteiger partial charge >= 0.3 is 0 Å². The van der Waals surface area contributed by atoms with Crippen LogP contribution < -0.4 is 9.47 Å². The number of hydrogen-bond acceptors (Lipinski definition) is 6. The third kappa shape index (κ3) is 10.4. The van der Waals surface area contributed by atoms with Crippen molar-refractivity contribution in [3.63, 3.8) is 0 Å². The minimum absolute atomic E-state index is 0.172. The van der Waals surface area contributed by atoms with E-state index in [0.717, 1.165) is 55.1 Å². The van der Waals surface area contributed by atoms with Crippen LogP contribution in [0.3, 0.4) is 0 Å². The average Bonchev–Trinajstić information content (AvgIpc) is 3.08. The molecule has 0 atom stereocenters. The van der Waals surface area contributed by atoms with E-state index < -0.39 is 0 Å². The number of carbonyl (C=O) groups excluding carboxylic acids is 1. The van der Waals surface area contributed by atoms with Crippen molar-refractivity contribution in [3.05, 3.63) is 129 Å². The van der Waals surface area contributed by atoms with E-state index in [1.54, 1.807) is 0 Å². The molecular weight excluding hydrogens is 624 g/mol. The minimum atomic E-state index is 0.172. The highest BCUT2D eigenvalue weighted by Crippen LogP contribution is 2.27. The second-order valence-corrected chi connectivity index (χ2v) is 14.1. The molecule has 0 aliphatic carbocycles. The maximum absolute atomic E-state index is 13.1. The van der Waals surface area contributed by atoms with Crippen molar-refractivity contribution in [2.24, 2.45) is 5.92 Å². The van der Waals surface area contributed by atoms with E-state index in [1.807, 2.05) is 4.90 Å². The van der Waals surface area contributed by atoms with Crippen LogP contribution in [0.5, 0.6) is 11.5 Å². The number of benzene rings is 4. The monoisotopic (exact) mass is 676 g/mol. The van der Waals surface area contributed by atoms with Crippen molar-refractivity contribution < 1.29 is 23.7 Å². The normalized spacial score (nSPS) is 16.6. The van der Waals surface area contributed by atoms with Gasteiger partial charge in [-0.25, -0.2) is 0 Å². The molecule has 0 fully saturated rings. The standard InChI is InChI=1S/C43H52N2O5/c1-32(2)22-43(46)45-15-17-48-19-21-50-42-13-11-38(28-40(42)27-35-7-5-9-37(25-35)31-45)30-44-14-16-47-18-20-49-41-12-10-33(3)23-39(41)26-34-6-4-8-36(24-34)29-44/h4-13,23-25,28,32H,14-22,26-27,29-31H2,1-3H3. The molecule has 0 saturated carbocycles. The zero-order valence-corrected chi connectivity index (χ0v) is 30.0. The van der Waals surface area contributed by atoms with Crippen molar-refractivity contribution in [1.82, 2.24) is 9.80 Å². The fraction of sp³-hybridized carbons (Fsp3) is 0.419. The van der Waals surface area contributed by atoms with E-state index in [9.17, 15) is 4.79 Å². The number of ether oxygens (including phenoxy) is 4. The van der Waals surface area contributed by atoms with Gasteiger partial charge in [-0.15, -0.1) is 0 Å². The first kappa shape index (κ1) is 35.6. The molecule has 0 unspecified atom stereocenters. The van der Waals surface area contributed by atoms with Crippen molar-refractivity contribution >= 4 is 5.91 Å². The quantitative estimate of drug-likeness (QED) is 0.225. The Balaban J connectivity index is 1.22. The Bertz CT molecular complexity index is 1720. The molecule has 4 aromatic rings. The van der Waals surface area contributed by atoms with Crippen LogP contribution in [-0.2, 0) is 46.7 Å². The predicted molar refractivity (Wildman–Crippen MR) is 198 cm³/mol. The Hall–Kier alpha value is -4.17. The Morgan fingerprint density at radius 2 is 1.26 bits per heavy atom. The van der Waals surface area contributed by atoms with Crippen LogP contribution in [-0.4, -0.2) is 68.4 Å². The molecule has 2 aliphatic heterocycles. The summed E-state index contributed by atoms with van der Waals surface area (Å²) in [5.41, 5.74) is 9.73. The highest BCUT2D eigenvalue weighted by molar-refractivity contribution is 5.76. The van der Waals surface area contributed by atoms with Gasteiger partial charge in [0.15, 0.2) is 0 Å². The molecule has 6 rings (SSSR count). The number of nitrogens with zero attached hydrogens (tertiary/aromatic N) is 2. The van der Waals surface area contributed by atoms with Crippen LogP contribution in [0, 0.1) is 12.8 Å². The Morgan fingerprint density at radius 1 is 0.660 bits per heavy atom. The maximum Gasteiger partial charge on any atom is 0.223 e. The van der Waals surface area contributed by atoms with Crippen molar-refractivity contribution in [2.75, 3.05) is 52.7 Å². The molecule has 0 N–H and O–H groups in total. The Kier molecular flexibility index (Phi) is 12.6. The van der Waals surface area contributed by atoms with Crippen LogP contribution in [0.1, 0.15) is 64.8 Å². The Morgan fingerprint density at radius 3 is 1.94 bits per heavy atom. The summed E-state index contributed by atoms with van der Waals surface area (Å²) in [6.45, 7) is 13.0. The van der Waals surface area contributed by atoms with Crippen LogP contribution in [0.15, 0.2) is 84.9 Å². The third-order valence-corrected chi connectivity index (χ3v) is 9.26. The summed E-state index contributed by atoms with van der Waals surface area (Å²) in [4.78, 5) is 17.5. The van der Waals surface area contributed by atoms with Gasteiger partial charge < -0.3 is 23.8 Å². The topological polar surface area (TPSA) is 60.5 Å². The predicted octanol–water partition coefficient (Wildman–Crippen LogP) is 7.37. The summed E-state index contributed by atoms with van der Waals surface area (Å²) < 4.78 is 24.5. The number of aryl methyl sites for hydroxylation is 1. The molecule has 2 aliphatic rings. The smallest absolute Gasteiger partial charge is 0.223 e. The van der Waals surface area contributed by atoms with Gasteiger partial charge in [-0.05, 0) is 63.9 Å². The van der Waals surface area contributed by atoms with Crippen LogP contribution in [0.2, 0.25) is 0 Å². The van der Waals surface area contributed by atoms with Gasteiger partial charge in [-0.1, -0.05) is 92.2 Å². The van der Waals surface area contributed by atoms with E-state index in [-0.39, 0.29) is 5.91 Å². The highest BCUT2D eigenvalue weighted by Gasteiger charge is 2.18. The molecule has 0 spiro atoms. The third-order valence-electron chi connectivity index (χ3n) is 9.26. The number of hydrogen-bond donors (Lipinski definition) is 0. The first-order valence-electron chi connectivity index (χ1n) is 18.2. The van der Waals surface area contributed by atoms with Gasteiger partial charge in [-0.2, -0.15) is 0 Å². The van der Waals surface area contributed by atoms with Crippen molar-refractivity contribution in [1.29, 1.82) is 0 Å². The molecule has 0 aromatic heterocycles. The zero-order valence-electron chi connectivity index (χ0n) is 30.0. The average molecular weight is 677 g/mol. The molecule has 2 heterocycles. The summed E-state index contributed by atoms with van der Waals surface area (Å²) in [5.74, 6) is 2.31. The summed E-state index contributed by atoms with van der Waals surface area (Å²) >= 11 is 0. The second-order valence-electron chi connectivity index (χ2n) is 14.1. The van der Waals surface area contributed by atoms with Gasteiger partial charge in [0.2, 0.25) is 5.91 Å². The summed E-state index contributed by atoms with van der Waals surface area (Å²) in [6.07, 6.45) is 2.11. The fourth-order valence-electron chi connectivity index (χ4n) is 6.83. The lowest BCUT2D eigenvalue weighted by Gasteiger charge is -2.25. The zero-order chi connectivity index (χ0) is 34.7. The van der Waals surface area contributed by atoms with E-state index in [4.69, 9.17) is 18.9 Å². The summed E-state index contributed by atoms with van der Waals surface area (Å²) in [6, 6.07) is 30.6. The van der Waals surface area contributed by atoms with E-state index in [2.05, 4.69) is 111 Å². The molecule has 264 valence electrons. The number of rotatable bonds is 4. The number of carbonyl (C=O) groups is 1. The lowest BCUT2D eigenvalue weighted by atomic mass is 9.99. The van der Waals surface area contributed by atoms with Gasteiger partial charge in [0, 0.05) is 52.0 Å². The van der Waals surface area contributed by atoms with Crippen molar-refractivity contribution in [3.8, 4) is 11.5 Å². The first-order valence-corrected chi connectivity index (χ1v) is 18.2. The molecule has 4 aromatic carbocycles. The second kappa shape index (κ2) is 17.7. The molecule has 50 heavy (non-hydrogen) atoms. The number of fused-ring (bicyclic) bond motifs is 6. The van der Waals surface area contributed by atoms with E-state index in [0.29, 0.717) is 65.1 Å². The first-order chi connectivity index (χ1) is 24.4. The molecule has 0 radical (unpaired) electrons. The summed E-state index contributed by atoms with van der Waals surface area (Å²) in [5, 5.41) is 0. The molecule has 4 bridgehead atoms. The minimum Gasteiger partial charge on any atom is -0.491 e.